The Morgan fingerprint density at radius 2 is 1.67 bits per heavy atom. The number of piperazine rings is 1. The first-order valence-corrected chi connectivity index (χ1v) is 10.4. The van der Waals surface area contributed by atoms with Crippen molar-refractivity contribution in [3.63, 3.8) is 0 Å². The SMILES string of the molecule is Cn1cc(S(=O)(=O)N2CCN(C(=O)c3ccc(Br)cc3)CC2)cc1C(N)=O. The maximum atomic E-state index is 12.8. The van der Waals surface area contributed by atoms with E-state index in [9.17, 15) is 18.0 Å². The van der Waals surface area contributed by atoms with E-state index in [1.807, 2.05) is 0 Å². The summed E-state index contributed by atoms with van der Waals surface area (Å²) in [6.07, 6.45) is 1.37. The van der Waals surface area contributed by atoms with Crippen molar-refractivity contribution in [2.24, 2.45) is 12.8 Å². The Morgan fingerprint density at radius 3 is 2.19 bits per heavy atom. The average molecular weight is 455 g/mol. The summed E-state index contributed by atoms with van der Waals surface area (Å²) >= 11 is 3.33. The zero-order valence-corrected chi connectivity index (χ0v) is 17.0. The number of carbonyl (C=O) groups is 2. The van der Waals surface area contributed by atoms with Gasteiger partial charge in [0, 0.05) is 49.5 Å². The second kappa shape index (κ2) is 7.45. The maximum absolute atomic E-state index is 12.8. The third kappa shape index (κ3) is 3.92. The summed E-state index contributed by atoms with van der Waals surface area (Å²) in [6, 6.07) is 8.31. The smallest absolute Gasteiger partial charge is 0.265 e. The topological polar surface area (TPSA) is 106 Å². The Hall–Kier alpha value is -2.17. The largest absolute Gasteiger partial charge is 0.364 e. The summed E-state index contributed by atoms with van der Waals surface area (Å²) in [7, 11) is -2.19. The minimum Gasteiger partial charge on any atom is -0.364 e. The van der Waals surface area contributed by atoms with E-state index in [2.05, 4.69) is 15.9 Å². The fraction of sp³-hybridized carbons (Fsp3) is 0.294. The zero-order chi connectivity index (χ0) is 19.8. The number of aromatic nitrogens is 1. The van der Waals surface area contributed by atoms with Crippen LogP contribution in [-0.2, 0) is 17.1 Å². The molecular weight excluding hydrogens is 436 g/mol. The number of sulfonamides is 1. The summed E-state index contributed by atoms with van der Waals surface area (Å²) in [4.78, 5) is 25.6. The van der Waals surface area contributed by atoms with Crippen LogP contribution >= 0.6 is 15.9 Å². The molecule has 0 unspecified atom stereocenters. The van der Waals surface area contributed by atoms with Crippen LogP contribution in [0.1, 0.15) is 20.8 Å². The van der Waals surface area contributed by atoms with Crippen LogP contribution in [0.15, 0.2) is 45.9 Å². The molecule has 0 aliphatic carbocycles. The highest BCUT2D eigenvalue weighted by Crippen LogP contribution is 2.21. The molecule has 0 bridgehead atoms. The van der Waals surface area contributed by atoms with Crippen molar-refractivity contribution in [1.82, 2.24) is 13.8 Å². The average Bonchev–Trinajstić information content (AvgIpc) is 3.05. The van der Waals surface area contributed by atoms with Crippen molar-refractivity contribution < 1.29 is 18.0 Å². The van der Waals surface area contributed by atoms with Crippen molar-refractivity contribution in [2.75, 3.05) is 26.2 Å². The van der Waals surface area contributed by atoms with Crippen molar-refractivity contribution in [3.8, 4) is 0 Å². The second-order valence-electron chi connectivity index (χ2n) is 6.24. The molecule has 1 aliphatic heterocycles. The fourth-order valence-electron chi connectivity index (χ4n) is 2.98. The van der Waals surface area contributed by atoms with E-state index in [1.54, 1.807) is 36.2 Å². The van der Waals surface area contributed by atoms with E-state index in [4.69, 9.17) is 5.73 Å². The number of primary amides is 1. The van der Waals surface area contributed by atoms with Gasteiger partial charge in [0.15, 0.2) is 0 Å². The van der Waals surface area contributed by atoms with Crippen LogP contribution in [0, 0.1) is 0 Å². The predicted octanol–water partition coefficient (Wildman–Crippen LogP) is 1.03. The summed E-state index contributed by atoms with van der Waals surface area (Å²) in [5, 5.41) is 0. The van der Waals surface area contributed by atoms with E-state index in [0.29, 0.717) is 18.7 Å². The van der Waals surface area contributed by atoms with Gasteiger partial charge in [-0.2, -0.15) is 4.31 Å². The van der Waals surface area contributed by atoms with Crippen LogP contribution in [0.25, 0.3) is 0 Å². The Balaban J connectivity index is 1.71. The number of nitrogens with zero attached hydrogens (tertiary/aromatic N) is 3. The molecule has 8 nitrogen and oxygen atoms in total. The third-order valence-corrected chi connectivity index (χ3v) is 6.88. The summed E-state index contributed by atoms with van der Waals surface area (Å²) in [6.45, 7) is 0.962. The van der Waals surface area contributed by atoms with E-state index < -0.39 is 15.9 Å². The van der Waals surface area contributed by atoms with Crippen molar-refractivity contribution in [2.45, 2.75) is 4.90 Å². The molecule has 2 amide bonds. The molecule has 1 aromatic heterocycles. The highest BCUT2D eigenvalue weighted by Gasteiger charge is 2.31. The summed E-state index contributed by atoms with van der Waals surface area (Å²) < 4.78 is 29.2. The van der Waals surface area contributed by atoms with Crippen LogP contribution < -0.4 is 5.73 Å². The van der Waals surface area contributed by atoms with Gasteiger partial charge in [-0.15, -0.1) is 0 Å². The molecule has 1 saturated heterocycles. The normalized spacial score (nSPS) is 15.7. The van der Waals surface area contributed by atoms with Gasteiger partial charge in [-0.25, -0.2) is 8.42 Å². The number of halogens is 1. The van der Waals surface area contributed by atoms with Crippen LogP contribution in [0.3, 0.4) is 0 Å². The molecule has 3 rings (SSSR count). The number of hydrogen-bond donors (Lipinski definition) is 1. The molecule has 2 aromatic rings. The number of carbonyl (C=O) groups excluding carboxylic acids is 2. The fourth-order valence-corrected chi connectivity index (χ4v) is 4.73. The Kier molecular flexibility index (Phi) is 5.41. The molecule has 10 heteroatoms. The molecule has 27 heavy (non-hydrogen) atoms. The van der Waals surface area contributed by atoms with Crippen molar-refractivity contribution in [3.05, 3.63) is 52.3 Å². The van der Waals surface area contributed by atoms with Gasteiger partial charge in [0.25, 0.3) is 11.8 Å². The molecule has 0 atom stereocenters. The predicted molar refractivity (Wildman–Crippen MR) is 103 cm³/mol. The molecule has 1 aliphatic rings. The van der Waals surface area contributed by atoms with Gasteiger partial charge in [0.1, 0.15) is 10.6 Å². The standard InChI is InChI=1S/C17H19BrN4O4S/c1-20-11-14(10-15(20)16(19)23)27(25,26)22-8-6-21(7-9-22)17(24)12-2-4-13(18)5-3-12/h2-5,10-11H,6-9H2,1H3,(H2,19,23). The molecule has 144 valence electrons. The van der Waals surface area contributed by atoms with Crippen molar-refractivity contribution >= 4 is 37.8 Å². The first-order valence-electron chi connectivity index (χ1n) is 8.21. The quantitative estimate of drug-likeness (QED) is 0.744. The molecule has 2 N–H and O–H groups in total. The van der Waals surface area contributed by atoms with Crippen LogP contribution in [0.4, 0.5) is 0 Å². The van der Waals surface area contributed by atoms with Crippen LogP contribution in [-0.4, -0.2) is 60.2 Å². The molecule has 0 spiro atoms. The first-order chi connectivity index (χ1) is 12.7. The molecule has 2 heterocycles. The van der Waals surface area contributed by atoms with E-state index >= 15 is 0 Å². The summed E-state index contributed by atoms with van der Waals surface area (Å²) in [5.41, 5.74) is 5.93. The van der Waals surface area contributed by atoms with Crippen LogP contribution in [0.2, 0.25) is 0 Å². The lowest BCUT2D eigenvalue weighted by molar-refractivity contribution is 0.0697. The van der Waals surface area contributed by atoms with Gasteiger partial charge >= 0.3 is 0 Å². The Morgan fingerprint density at radius 1 is 1.07 bits per heavy atom. The summed E-state index contributed by atoms with van der Waals surface area (Å²) in [5.74, 6) is -0.820. The van der Waals surface area contributed by atoms with Gasteiger partial charge in [0.2, 0.25) is 10.0 Å². The maximum Gasteiger partial charge on any atom is 0.265 e. The lowest BCUT2D eigenvalue weighted by atomic mass is 10.2. The Labute approximate surface area is 165 Å². The van der Waals surface area contributed by atoms with E-state index in [-0.39, 0.29) is 29.6 Å². The number of benzene rings is 1. The number of aryl methyl sites for hydroxylation is 1. The van der Waals surface area contributed by atoms with Gasteiger partial charge in [-0.05, 0) is 30.3 Å². The highest BCUT2D eigenvalue weighted by molar-refractivity contribution is 9.10. The molecular formula is C17H19BrN4O4S. The minimum absolute atomic E-state index is 0.0199. The lowest BCUT2D eigenvalue weighted by Crippen LogP contribution is -2.50. The van der Waals surface area contributed by atoms with Crippen LogP contribution in [0.5, 0.6) is 0 Å². The molecule has 0 saturated carbocycles. The second-order valence-corrected chi connectivity index (χ2v) is 9.09. The van der Waals surface area contributed by atoms with Gasteiger partial charge < -0.3 is 15.2 Å². The number of amides is 2. The van der Waals surface area contributed by atoms with Gasteiger partial charge in [-0.3, -0.25) is 9.59 Å². The molecule has 0 radical (unpaired) electrons. The molecule has 1 fully saturated rings. The monoisotopic (exact) mass is 454 g/mol. The Bertz CT molecular complexity index is 977. The van der Waals surface area contributed by atoms with E-state index in [0.717, 1.165) is 4.47 Å². The third-order valence-electron chi connectivity index (χ3n) is 4.49. The zero-order valence-electron chi connectivity index (χ0n) is 14.6. The number of nitrogens with two attached hydrogens (primary N) is 1. The number of hydrogen-bond acceptors (Lipinski definition) is 4. The van der Waals surface area contributed by atoms with Gasteiger partial charge in [-0.1, -0.05) is 15.9 Å². The van der Waals surface area contributed by atoms with Crippen molar-refractivity contribution in [1.29, 1.82) is 0 Å². The minimum atomic E-state index is -3.76. The van der Waals surface area contributed by atoms with Gasteiger partial charge in [0.05, 0.1) is 0 Å². The highest BCUT2D eigenvalue weighted by atomic mass is 79.9. The molecule has 1 aromatic carbocycles. The number of rotatable bonds is 4. The van der Waals surface area contributed by atoms with E-state index in [1.165, 1.54) is 21.1 Å². The first kappa shape index (κ1) is 19.6. The lowest BCUT2D eigenvalue weighted by Gasteiger charge is -2.33.